The smallest absolute Gasteiger partial charge is 0.293 e. The van der Waals surface area contributed by atoms with Crippen molar-refractivity contribution in [2.75, 3.05) is 0 Å². The minimum Gasteiger partial charge on any atom is -0.350 e. The molecule has 0 bridgehead atoms. The molecule has 0 atom stereocenters. The molecule has 0 N–H and O–H groups in total. The molecule has 0 spiro atoms. The Morgan fingerprint density at radius 2 is 1.69 bits per heavy atom. The van der Waals surface area contributed by atoms with Crippen LogP contribution < -0.4 is 0 Å². The molecule has 142 valence electrons. The summed E-state index contributed by atoms with van der Waals surface area (Å²) in [5, 5.41) is 3.08. The highest BCUT2D eigenvalue weighted by atomic mass is 32.2. The summed E-state index contributed by atoms with van der Waals surface area (Å²) in [6, 6.07) is 22.1. The van der Waals surface area contributed by atoms with Crippen LogP contribution in [0, 0.1) is 0 Å². The zero-order valence-corrected chi connectivity index (χ0v) is 16.6. The van der Waals surface area contributed by atoms with Crippen molar-refractivity contribution in [1.82, 2.24) is 9.47 Å². The molecule has 2 heterocycles. The summed E-state index contributed by atoms with van der Waals surface area (Å²) in [6.07, 6.45) is 3.82. The van der Waals surface area contributed by atoms with Crippen molar-refractivity contribution in [3.8, 4) is 0 Å². The van der Waals surface area contributed by atoms with Gasteiger partial charge in [0.15, 0.2) is 0 Å². The van der Waals surface area contributed by atoms with Crippen LogP contribution in [0.1, 0.15) is 11.1 Å². The first-order chi connectivity index (χ1) is 14.1. The van der Waals surface area contributed by atoms with E-state index in [1.165, 1.54) is 4.90 Å². The SMILES string of the molecule is Cn1cc(/C=C2\SC(=O)N(Cc3ccc4ccccc4c3)C2=O)c2ccccc21. The maximum Gasteiger partial charge on any atom is 0.293 e. The number of carbonyl (C=O) groups is 2. The third-order valence-corrected chi connectivity index (χ3v) is 6.15. The molecule has 1 aromatic heterocycles. The van der Waals surface area contributed by atoms with Crippen LogP contribution in [0.5, 0.6) is 0 Å². The summed E-state index contributed by atoms with van der Waals surface area (Å²) in [5.41, 5.74) is 2.98. The van der Waals surface area contributed by atoms with E-state index in [9.17, 15) is 9.59 Å². The van der Waals surface area contributed by atoms with Crippen LogP contribution in [0.2, 0.25) is 0 Å². The molecule has 2 amide bonds. The van der Waals surface area contributed by atoms with E-state index >= 15 is 0 Å². The van der Waals surface area contributed by atoms with E-state index in [4.69, 9.17) is 0 Å². The van der Waals surface area contributed by atoms with Crippen molar-refractivity contribution in [3.05, 3.63) is 89.0 Å². The fourth-order valence-corrected chi connectivity index (χ4v) is 4.61. The second-order valence-corrected chi connectivity index (χ2v) is 8.16. The number of para-hydroxylation sites is 1. The third kappa shape index (κ3) is 3.13. The Morgan fingerprint density at radius 1 is 0.931 bits per heavy atom. The molecule has 1 aliphatic heterocycles. The summed E-state index contributed by atoms with van der Waals surface area (Å²) < 4.78 is 2.03. The molecular formula is C24H18N2O2S. The quantitative estimate of drug-likeness (QED) is 0.424. The van der Waals surface area contributed by atoms with E-state index in [1.807, 2.05) is 90.6 Å². The zero-order valence-electron chi connectivity index (χ0n) is 15.8. The number of benzene rings is 3. The molecule has 5 rings (SSSR count). The molecule has 0 aliphatic carbocycles. The molecule has 3 aromatic carbocycles. The first-order valence-electron chi connectivity index (χ1n) is 9.37. The molecule has 4 nitrogen and oxygen atoms in total. The standard InChI is InChI=1S/C24H18N2O2S/c1-25-15-19(20-8-4-5-9-21(20)25)13-22-23(27)26(24(28)29-22)14-16-10-11-17-6-2-3-7-18(17)12-16/h2-13,15H,14H2,1H3/b22-13-. The Labute approximate surface area is 172 Å². The molecular weight excluding hydrogens is 380 g/mol. The Balaban J connectivity index is 1.45. The van der Waals surface area contributed by atoms with E-state index < -0.39 is 0 Å². The monoisotopic (exact) mass is 398 g/mol. The maximum atomic E-state index is 12.9. The highest BCUT2D eigenvalue weighted by Crippen LogP contribution is 2.35. The van der Waals surface area contributed by atoms with Crippen molar-refractivity contribution in [2.24, 2.45) is 7.05 Å². The number of amides is 2. The predicted octanol–water partition coefficient (Wildman–Crippen LogP) is 5.57. The Hall–Kier alpha value is -3.31. The highest BCUT2D eigenvalue weighted by molar-refractivity contribution is 8.18. The van der Waals surface area contributed by atoms with Gasteiger partial charge in [-0.3, -0.25) is 14.5 Å². The first kappa shape index (κ1) is 17.8. The summed E-state index contributed by atoms with van der Waals surface area (Å²) in [4.78, 5) is 27.3. The van der Waals surface area contributed by atoms with Crippen molar-refractivity contribution in [1.29, 1.82) is 0 Å². The lowest BCUT2D eigenvalue weighted by molar-refractivity contribution is -0.123. The van der Waals surface area contributed by atoms with Gasteiger partial charge in [0.1, 0.15) is 0 Å². The van der Waals surface area contributed by atoms with Gasteiger partial charge in [0.25, 0.3) is 11.1 Å². The summed E-state index contributed by atoms with van der Waals surface area (Å²) in [6.45, 7) is 0.280. The topological polar surface area (TPSA) is 42.3 Å². The Kier molecular flexibility index (Phi) is 4.25. The van der Waals surface area contributed by atoms with Gasteiger partial charge in [-0.15, -0.1) is 0 Å². The minimum atomic E-state index is -0.235. The molecule has 5 heteroatoms. The van der Waals surface area contributed by atoms with Gasteiger partial charge in [-0.05, 0) is 46.3 Å². The average molecular weight is 398 g/mol. The number of nitrogens with zero attached hydrogens (tertiary/aromatic N) is 2. The first-order valence-corrected chi connectivity index (χ1v) is 10.2. The largest absolute Gasteiger partial charge is 0.350 e. The number of thioether (sulfide) groups is 1. The summed E-state index contributed by atoms with van der Waals surface area (Å²) in [7, 11) is 1.98. The van der Waals surface area contributed by atoms with E-state index in [0.29, 0.717) is 4.91 Å². The van der Waals surface area contributed by atoms with Gasteiger partial charge in [0, 0.05) is 29.7 Å². The van der Waals surface area contributed by atoms with Gasteiger partial charge in [0.2, 0.25) is 0 Å². The van der Waals surface area contributed by atoms with Crippen LogP contribution in [-0.4, -0.2) is 20.6 Å². The van der Waals surface area contributed by atoms with Crippen LogP contribution in [0.3, 0.4) is 0 Å². The van der Waals surface area contributed by atoms with Gasteiger partial charge in [-0.1, -0.05) is 54.6 Å². The lowest BCUT2D eigenvalue weighted by Crippen LogP contribution is -2.27. The maximum absolute atomic E-state index is 12.9. The lowest BCUT2D eigenvalue weighted by Gasteiger charge is -2.13. The normalized spacial score (nSPS) is 15.9. The predicted molar refractivity (Wildman–Crippen MR) is 118 cm³/mol. The number of fused-ring (bicyclic) bond motifs is 2. The molecule has 29 heavy (non-hydrogen) atoms. The molecule has 0 saturated carbocycles. The van der Waals surface area contributed by atoms with Gasteiger partial charge in [0.05, 0.1) is 11.4 Å². The Bertz CT molecular complexity index is 1320. The van der Waals surface area contributed by atoms with E-state index in [2.05, 4.69) is 0 Å². The highest BCUT2D eigenvalue weighted by Gasteiger charge is 2.35. The van der Waals surface area contributed by atoms with Crippen LogP contribution >= 0.6 is 11.8 Å². The fourth-order valence-electron chi connectivity index (χ4n) is 3.79. The van der Waals surface area contributed by atoms with Gasteiger partial charge in [-0.25, -0.2) is 0 Å². The number of aryl methyl sites for hydroxylation is 1. The lowest BCUT2D eigenvalue weighted by atomic mass is 10.1. The van der Waals surface area contributed by atoms with E-state index in [-0.39, 0.29) is 17.7 Å². The molecule has 4 aromatic rings. The van der Waals surface area contributed by atoms with E-state index in [1.54, 1.807) is 0 Å². The van der Waals surface area contributed by atoms with Gasteiger partial charge < -0.3 is 4.57 Å². The van der Waals surface area contributed by atoms with Crippen molar-refractivity contribution in [2.45, 2.75) is 6.54 Å². The number of hydrogen-bond acceptors (Lipinski definition) is 3. The minimum absolute atomic E-state index is 0.227. The van der Waals surface area contributed by atoms with Crippen LogP contribution in [0.25, 0.3) is 27.8 Å². The zero-order chi connectivity index (χ0) is 20.0. The molecule has 1 fully saturated rings. The number of carbonyl (C=O) groups excluding carboxylic acids is 2. The second kappa shape index (κ2) is 6.94. The molecule has 1 saturated heterocycles. The fraction of sp³-hybridized carbons (Fsp3) is 0.0833. The number of imide groups is 1. The van der Waals surface area contributed by atoms with Crippen LogP contribution in [0.4, 0.5) is 4.79 Å². The van der Waals surface area contributed by atoms with Gasteiger partial charge >= 0.3 is 0 Å². The number of aromatic nitrogens is 1. The number of rotatable bonds is 3. The van der Waals surface area contributed by atoms with Gasteiger partial charge in [-0.2, -0.15) is 0 Å². The Morgan fingerprint density at radius 3 is 2.55 bits per heavy atom. The summed E-state index contributed by atoms with van der Waals surface area (Å²) >= 11 is 1.01. The molecule has 0 radical (unpaired) electrons. The third-order valence-electron chi connectivity index (χ3n) is 5.24. The van der Waals surface area contributed by atoms with Crippen molar-refractivity contribution < 1.29 is 9.59 Å². The molecule has 0 unspecified atom stereocenters. The number of hydrogen-bond donors (Lipinski definition) is 0. The van der Waals surface area contributed by atoms with Crippen molar-refractivity contribution >= 4 is 50.7 Å². The summed E-state index contributed by atoms with van der Waals surface area (Å²) in [5.74, 6) is -0.235. The van der Waals surface area contributed by atoms with Crippen LogP contribution in [0.15, 0.2) is 77.8 Å². The average Bonchev–Trinajstić information content (AvgIpc) is 3.19. The second-order valence-electron chi connectivity index (χ2n) is 7.16. The van der Waals surface area contributed by atoms with Crippen molar-refractivity contribution in [3.63, 3.8) is 0 Å². The van der Waals surface area contributed by atoms with Crippen LogP contribution in [-0.2, 0) is 18.4 Å². The van der Waals surface area contributed by atoms with E-state index in [0.717, 1.165) is 44.6 Å². The molecule has 1 aliphatic rings.